The number of aliphatic hydroxyl groups is 1. The van der Waals surface area contributed by atoms with Crippen LogP contribution >= 0.6 is 0 Å². The Morgan fingerprint density at radius 2 is 1.84 bits per heavy atom. The summed E-state index contributed by atoms with van der Waals surface area (Å²) in [6.07, 6.45) is 0.576. The molecule has 2 aliphatic heterocycles. The van der Waals surface area contributed by atoms with Crippen LogP contribution in [-0.4, -0.2) is 73.4 Å². The third-order valence-corrected chi connectivity index (χ3v) is 6.07. The van der Waals surface area contributed by atoms with Crippen molar-refractivity contribution in [1.82, 2.24) is 9.80 Å². The lowest BCUT2D eigenvalue weighted by molar-refractivity contribution is 0.0703. The van der Waals surface area contributed by atoms with Crippen LogP contribution in [-0.2, 0) is 6.54 Å². The minimum atomic E-state index is -0.515. The Kier molecular flexibility index (Phi) is 7.42. The quantitative estimate of drug-likeness (QED) is 0.708. The van der Waals surface area contributed by atoms with Crippen molar-refractivity contribution in [3.05, 3.63) is 60.2 Å². The van der Waals surface area contributed by atoms with E-state index in [1.807, 2.05) is 18.2 Å². The maximum absolute atomic E-state index is 10.5. The van der Waals surface area contributed by atoms with Crippen LogP contribution in [0.4, 0.5) is 5.69 Å². The zero-order valence-electron chi connectivity index (χ0n) is 18.1. The number of anilines is 1. The van der Waals surface area contributed by atoms with Crippen molar-refractivity contribution < 1.29 is 9.84 Å². The fourth-order valence-corrected chi connectivity index (χ4v) is 4.37. The van der Waals surface area contributed by atoms with Gasteiger partial charge in [0.15, 0.2) is 0 Å². The zero-order valence-corrected chi connectivity index (χ0v) is 18.1. The number of nitrogens with zero attached hydrogens (tertiary/aromatic N) is 4. The van der Waals surface area contributed by atoms with E-state index in [1.165, 1.54) is 11.3 Å². The molecule has 1 atom stereocenters. The van der Waals surface area contributed by atoms with Gasteiger partial charge in [-0.05, 0) is 42.8 Å². The van der Waals surface area contributed by atoms with Gasteiger partial charge in [0.2, 0.25) is 0 Å². The van der Waals surface area contributed by atoms with Crippen LogP contribution in [0.1, 0.15) is 12.0 Å². The molecule has 0 aromatic heterocycles. The van der Waals surface area contributed by atoms with Crippen LogP contribution in [0.15, 0.2) is 54.6 Å². The predicted molar refractivity (Wildman–Crippen MR) is 122 cm³/mol. The average molecular weight is 421 g/mol. The summed E-state index contributed by atoms with van der Waals surface area (Å²) in [7, 11) is 0. The smallest absolute Gasteiger partial charge is 0.119 e. The number of ether oxygens (including phenoxy) is 1. The van der Waals surface area contributed by atoms with Gasteiger partial charge in [0.1, 0.15) is 18.5 Å². The lowest BCUT2D eigenvalue weighted by Gasteiger charge is -2.35. The molecule has 0 saturated carbocycles. The summed E-state index contributed by atoms with van der Waals surface area (Å²) >= 11 is 0. The van der Waals surface area contributed by atoms with Crippen molar-refractivity contribution in [2.75, 3.05) is 57.3 Å². The second kappa shape index (κ2) is 10.6. The molecule has 1 unspecified atom stereocenters. The first-order valence-electron chi connectivity index (χ1n) is 11.2. The fourth-order valence-electron chi connectivity index (χ4n) is 4.37. The zero-order chi connectivity index (χ0) is 21.5. The molecule has 0 amide bonds. The van der Waals surface area contributed by atoms with Crippen molar-refractivity contribution in [3.63, 3.8) is 0 Å². The largest absolute Gasteiger partial charge is 0.491 e. The average Bonchev–Trinajstić information content (AvgIpc) is 3.01. The molecule has 2 heterocycles. The first kappa shape index (κ1) is 21.6. The van der Waals surface area contributed by atoms with Crippen LogP contribution in [0, 0.1) is 17.2 Å². The van der Waals surface area contributed by atoms with E-state index in [0.29, 0.717) is 13.2 Å². The van der Waals surface area contributed by atoms with E-state index in [0.717, 1.165) is 58.0 Å². The highest BCUT2D eigenvalue weighted by molar-refractivity contribution is 5.46. The number of para-hydroxylation sites is 1. The molecule has 2 saturated heterocycles. The minimum Gasteiger partial charge on any atom is -0.491 e. The van der Waals surface area contributed by atoms with Gasteiger partial charge < -0.3 is 14.7 Å². The van der Waals surface area contributed by atoms with Crippen LogP contribution < -0.4 is 9.64 Å². The van der Waals surface area contributed by atoms with E-state index < -0.39 is 6.10 Å². The van der Waals surface area contributed by atoms with Crippen LogP contribution in [0.3, 0.4) is 0 Å². The van der Waals surface area contributed by atoms with Crippen molar-refractivity contribution in [3.8, 4) is 11.8 Å². The lowest BCUT2D eigenvalue weighted by atomic mass is 10.0. The van der Waals surface area contributed by atoms with Gasteiger partial charge >= 0.3 is 0 Å². The Labute approximate surface area is 185 Å². The molecule has 0 aliphatic carbocycles. The molecule has 0 spiro atoms. The number of β-amino-alcohol motifs (C(OH)–C–C–N with tert-alkyl or cyclic N) is 1. The first-order valence-corrected chi connectivity index (χ1v) is 11.2. The second-order valence-corrected chi connectivity index (χ2v) is 8.61. The van der Waals surface area contributed by atoms with E-state index in [-0.39, 0.29) is 5.92 Å². The fraction of sp³-hybridized carbons (Fsp3) is 0.480. The predicted octanol–water partition coefficient (Wildman–Crippen LogP) is 2.59. The van der Waals surface area contributed by atoms with Gasteiger partial charge in [-0.3, -0.25) is 9.80 Å². The van der Waals surface area contributed by atoms with E-state index in [4.69, 9.17) is 10.00 Å². The summed E-state index contributed by atoms with van der Waals surface area (Å²) in [5.74, 6) is 0.966. The molecule has 2 fully saturated rings. The molecule has 2 aromatic carbocycles. The molecule has 6 nitrogen and oxygen atoms in total. The van der Waals surface area contributed by atoms with Gasteiger partial charge in [-0.2, -0.15) is 5.26 Å². The topological polar surface area (TPSA) is 63.0 Å². The molecule has 31 heavy (non-hydrogen) atoms. The van der Waals surface area contributed by atoms with E-state index in [2.05, 4.69) is 57.2 Å². The van der Waals surface area contributed by atoms with Gasteiger partial charge in [0.25, 0.3) is 0 Å². The number of hydrogen-bond donors (Lipinski definition) is 1. The molecule has 164 valence electrons. The summed E-state index contributed by atoms with van der Waals surface area (Å²) in [4.78, 5) is 7.02. The first-order chi connectivity index (χ1) is 15.2. The maximum atomic E-state index is 10.5. The minimum absolute atomic E-state index is 0.174. The van der Waals surface area contributed by atoms with E-state index in [9.17, 15) is 5.11 Å². The number of likely N-dealkylation sites (tertiary alicyclic amines) is 1. The highest BCUT2D eigenvalue weighted by atomic mass is 16.5. The van der Waals surface area contributed by atoms with E-state index >= 15 is 0 Å². The number of nitriles is 1. The number of rotatable bonds is 8. The third kappa shape index (κ3) is 6.20. The number of hydrogen-bond acceptors (Lipinski definition) is 6. The van der Waals surface area contributed by atoms with Crippen LogP contribution in [0.2, 0.25) is 0 Å². The third-order valence-electron chi connectivity index (χ3n) is 6.07. The summed E-state index contributed by atoms with van der Waals surface area (Å²) in [5, 5.41) is 19.4. The molecule has 0 radical (unpaired) electrons. The van der Waals surface area contributed by atoms with E-state index in [1.54, 1.807) is 0 Å². The second-order valence-electron chi connectivity index (χ2n) is 8.61. The van der Waals surface area contributed by atoms with Crippen LogP contribution in [0.25, 0.3) is 0 Å². The summed E-state index contributed by atoms with van der Waals surface area (Å²) < 4.78 is 5.89. The van der Waals surface area contributed by atoms with Crippen LogP contribution in [0.5, 0.6) is 5.75 Å². The van der Waals surface area contributed by atoms with Crippen molar-refractivity contribution in [1.29, 1.82) is 5.26 Å². The Bertz CT molecular complexity index is 863. The van der Waals surface area contributed by atoms with Crippen molar-refractivity contribution in [2.24, 2.45) is 5.92 Å². The monoisotopic (exact) mass is 420 g/mol. The molecule has 2 aliphatic rings. The Morgan fingerprint density at radius 1 is 1.00 bits per heavy atom. The highest BCUT2D eigenvalue weighted by Gasteiger charge is 2.26. The van der Waals surface area contributed by atoms with Gasteiger partial charge in [0.05, 0.1) is 12.0 Å². The Balaban J connectivity index is 1.20. The van der Waals surface area contributed by atoms with Crippen molar-refractivity contribution in [2.45, 2.75) is 19.1 Å². The highest BCUT2D eigenvalue weighted by Crippen LogP contribution is 2.21. The number of benzene rings is 2. The summed E-state index contributed by atoms with van der Waals surface area (Å²) in [5.41, 5.74) is 2.45. The molecular weight excluding hydrogens is 388 g/mol. The molecule has 0 bridgehead atoms. The summed E-state index contributed by atoms with van der Waals surface area (Å²) in [6, 6.07) is 20.9. The summed E-state index contributed by atoms with van der Waals surface area (Å²) in [6.45, 7) is 7.42. The molecular formula is C25H32N4O2. The number of aliphatic hydroxyl groups excluding tert-OH is 1. The molecule has 1 N–H and O–H groups in total. The Morgan fingerprint density at radius 3 is 2.65 bits per heavy atom. The van der Waals surface area contributed by atoms with Crippen molar-refractivity contribution >= 4 is 5.69 Å². The van der Waals surface area contributed by atoms with Gasteiger partial charge in [-0.25, -0.2) is 0 Å². The lowest BCUT2D eigenvalue weighted by Crippen LogP contribution is -2.45. The molecule has 6 heteroatoms. The maximum Gasteiger partial charge on any atom is 0.119 e. The Hall–Kier alpha value is -2.59. The van der Waals surface area contributed by atoms with Gasteiger partial charge in [-0.15, -0.1) is 0 Å². The normalized spacial score (nSPS) is 19.3. The van der Waals surface area contributed by atoms with Gasteiger partial charge in [0, 0.05) is 51.5 Å². The van der Waals surface area contributed by atoms with Gasteiger partial charge in [-0.1, -0.05) is 30.3 Å². The standard InChI is InChI=1S/C25H32N4O2/c26-15-22-17-28(18-22)16-21-6-4-9-25(14-21)31-20-24(30)19-27-10-5-11-29(13-12-27)23-7-2-1-3-8-23/h1-4,6-9,14,22,24,30H,5,10-13,16-20H2. The molecule has 4 rings (SSSR count). The molecule has 2 aromatic rings. The SMILES string of the molecule is N#CC1CN(Cc2cccc(OCC(O)CN3CCCN(c4ccccc4)CC3)c2)C1.